The van der Waals surface area contributed by atoms with E-state index in [0.717, 1.165) is 15.9 Å². The van der Waals surface area contributed by atoms with Crippen LogP contribution < -0.4 is 10.1 Å². The maximum absolute atomic E-state index is 6.10. The van der Waals surface area contributed by atoms with Crippen LogP contribution in [0, 0.1) is 0 Å². The van der Waals surface area contributed by atoms with Gasteiger partial charge in [-0.2, -0.15) is 0 Å². The van der Waals surface area contributed by atoms with E-state index in [1.165, 1.54) is 5.56 Å². The number of hydrogen-bond acceptors (Lipinski definition) is 2. The summed E-state index contributed by atoms with van der Waals surface area (Å²) in [6, 6.07) is 14.1. The van der Waals surface area contributed by atoms with Gasteiger partial charge in [0.2, 0.25) is 0 Å². The first-order chi connectivity index (χ1) is 9.61. The van der Waals surface area contributed by atoms with Crippen LogP contribution in [-0.4, -0.2) is 6.61 Å². The Balaban J connectivity index is 2.11. The monoisotopic (exact) mass is 353 g/mol. The predicted molar refractivity (Wildman–Crippen MR) is 88.8 cm³/mol. The Morgan fingerprint density at radius 1 is 1.20 bits per heavy atom. The van der Waals surface area contributed by atoms with E-state index in [-0.39, 0.29) is 6.04 Å². The molecule has 1 atom stereocenters. The Bertz CT molecular complexity index is 571. The Morgan fingerprint density at radius 2 is 1.90 bits per heavy atom. The molecule has 1 unspecified atom stereocenters. The number of benzene rings is 2. The number of halogens is 2. The third-order valence-corrected chi connectivity index (χ3v) is 4.41. The second-order valence-corrected chi connectivity index (χ2v) is 5.67. The van der Waals surface area contributed by atoms with Gasteiger partial charge in [0.05, 0.1) is 21.8 Å². The van der Waals surface area contributed by atoms with E-state index >= 15 is 0 Å². The molecule has 0 aliphatic carbocycles. The van der Waals surface area contributed by atoms with Crippen molar-refractivity contribution in [2.45, 2.75) is 19.9 Å². The minimum absolute atomic E-state index is 0.181. The Morgan fingerprint density at radius 3 is 2.55 bits per heavy atom. The molecule has 0 amide bonds. The van der Waals surface area contributed by atoms with Gasteiger partial charge in [-0.25, -0.2) is 0 Å². The average Bonchev–Trinajstić information content (AvgIpc) is 2.45. The van der Waals surface area contributed by atoms with Crippen LogP contribution in [-0.2, 0) is 0 Å². The van der Waals surface area contributed by atoms with Gasteiger partial charge in [-0.3, -0.25) is 0 Å². The summed E-state index contributed by atoms with van der Waals surface area (Å²) in [5.41, 5.74) is 2.18. The minimum Gasteiger partial charge on any atom is -0.494 e. The molecular formula is C16H17BrClNO. The number of rotatable bonds is 5. The van der Waals surface area contributed by atoms with Crippen molar-refractivity contribution in [3.05, 3.63) is 57.5 Å². The molecule has 4 heteroatoms. The van der Waals surface area contributed by atoms with Gasteiger partial charge in [0.15, 0.2) is 0 Å². The zero-order chi connectivity index (χ0) is 14.5. The highest BCUT2D eigenvalue weighted by Gasteiger charge is 2.09. The van der Waals surface area contributed by atoms with Crippen molar-refractivity contribution >= 4 is 33.2 Å². The topological polar surface area (TPSA) is 21.3 Å². The summed E-state index contributed by atoms with van der Waals surface area (Å²) in [6.07, 6.45) is 0. The van der Waals surface area contributed by atoms with Gasteiger partial charge in [0.1, 0.15) is 5.75 Å². The lowest BCUT2D eigenvalue weighted by Gasteiger charge is -2.17. The fraction of sp³-hybridized carbons (Fsp3) is 0.250. The predicted octanol–water partition coefficient (Wildman–Crippen LogP) is 5.67. The zero-order valence-corrected chi connectivity index (χ0v) is 13.8. The van der Waals surface area contributed by atoms with Crippen LogP contribution in [0.5, 0.6) is 5.75 Å². The van der Waals surface area contributed by atoms with Crippen molar-refractivity contribution in [2.24, 2.45) is 0 Å². The van der Waals surface area contributed by atoms with Crippen LogP contribution in [0.4, 0.5) is 5.69 Å². The molecule has 0 heterocycles. The van der Waals surface area contributed by atoms with Gasteiger partial charge >= 0.3 is 0 Å². The lowest BCUT2D eigenvalue weighted by Crippen LogP contribution is -2.07. The Hall–Kier alpha value is -1.19. The number of hydrogen-bond donors (Lipinski definition) is 1. The third kappa shape index (κ3) is 3.68. The summed E-state index contributed by atoms with van der Waals surface area (Å²) in [4.78, 5) is 0. The molecular weight excluding hydrogens is 338 g/mol. The van der Waals surface area contributed by atoms with Crippen LogP contribution in [0.3, 0.4) is 0 Å². The van der Waals surface area contributed by atoms with Crippen molar-refractivity contribution in [1.82, 2.24) is 0 Å². The number of ether oxygens (including phenoxy) is 1. The van der Waals surface area contributed by atoms with Crippen LogP contribution in [0.2, 0.25) is 5.02 Å². The zero-order valence-electron chi connectivity index (χ0n) is 11.5. The number of anilines is 1. The van der Waals surface area contributed by atoms with Crippen molar-refractivity contribution in [3.63, 3.8) is 0 Å². The molecule has 0 fully saturated rings. The van der Waals surface area contributed by atoms with Crippen molar-refractivity contribution < 1.29 is 4.74 Å². The maximum atomic E-state index is 6.10. The standard InChI is InChI=1S/C16H17BrClNO/c1-3-20-13-9-7-12(8-10-13)11(2)19-15-6-4-5-14(18)16(15)17/h4-11,19H,3H2,1-2H3. The van der Waals surface area contributed by atoms with Crippen LogP contribution in [0.15, 0.2) is 46.9 Å². The van der Waals surface area contributed by atoms with E-state index < -0.39 is 0 Å². The molecule has 2 aromatic rings. The molecule has 2 aromatic carbocycles. The first-order valence-corrected chi connectivity index (χ1v) is 7.72. The molecule has 0 aromatic heterocycles. The molecule has 106 valence electrons. The maximum Gasteiger partial charge on any atom is 0.119 e. The van der Waals surface area contributed by atoms with Gasteiger partial charge in [-0.05, 0) is 59.6 Å². The molecule has 0 saturated heterocycles. The quantitative estimate of drug-likeness (QED) is 0.746. The molecule has 2 rings (SSSR count). The van der Waals surface area contributed by atoms with E-state index in [1.807, 2.05) is 37.3 Å². The van der Waals surface area contributed by atoms with E-state index in [1.54, 1.807) is 0 Å². The summed E-state index contributed by atoms with van der Waals surface area (Å²) >= 11 is 9.59. The highest BCUT2D eigenvalue weighted by atomic mass is 79.9. The van der Waals surface area contributed by atoms with E-state index in [0.29, 0.717) is 11.6 Å². The molecule has 0 aliphatic heterocycles. The van der Waals surface area contributed by atoms with E-state index in [4.69, 9.17) is 16.3 Å². The molecule has 2 nitrogen and oxygen atoms in total. The molecule has 0 spiro atoms. The second-order valence-electron chi connectivity index (χ2n) is 4.47. The van der Waals surface area contributed by atoms with Crippen LogP contribution >= 0.6 is 27.5 Å². The summed E-state index contributed by atoms with van der Waals surface area (Å²) in [6.45, 7) is 4.78. The van der Waals surface area contributed by atoms with E-state index in [9.17, 15) is 0 Å². The first-order valence-electron chi connectivity index (χ1n) is 6.55. The first kappa shape index (κ1) is 15.2. The Labute approximate surface area is 133 Å². The highest BCUT2D eigenvalue weighted by Crippen LogP contribution is 2.32. The van der Waals surface area contributed by atoms with Crippen molar-refractivity contribution in [1.29, 1.82) is 0 Å². The van der Waals surface area contributed by atoms with Crippen LogP contribution in [0.25, 0.3) is 0 Å². The molecule has 0 bridgehead atoms. The largest absolute Gasteiger partial charge is 0.494 e. The molecule has 0 saturated carbocycles. The lowest BCUT2D eigenvalue weighted by molar-refractivity contribution is 0.340. The SMILES string of the molecule is CCOc1ccc(C(C)Nc2cccc(Cl)c2Br)cc1. The molecule has 0 radical (unpaired) electrons. The molecule has 1 N–H and O–H groups in total. The van der Waals surface area contributed by atoms with Crippen molar-refractivity contribution in [3.8, 4) is 5.75 Å². The molecule has 20 heavy (non-hydrogen) atoms. The third-order valence-electron chi connectivity index (χ3n) is 3.01. The van der Waals surface area contributed by atoms with Gasteiger partial charge in [0.25, 0.3) is 0 Å². The summed E-state index contributed by atoms with van der Waals surface area (Å²) in [5, 5.41) is 4.15. The minimum atomic E-state index is 0.181. The average molecular weight is 355 g/mol. The van der Waals surface area contributed by atoms with E-state index in [2.05, 4.69) is 40.3 Å². The fourth-order valence-corrected chi connectivity index (χ4v) is 2.50. The van der Waals surface area contributed by atoms with Gasteiger partial charge < -0.3 is 10.1 Å². The molecule has 0 aliphatic rings. The van der Waals surface area contributed by atoms with Crippen LogP contribution in [0.1, 0.15) is 25.5 Å². The van der Waals surface area contributed by atoms with Gasteiger partial charge in [0, 0.05) is 6.04 Å². The smallest absolute Gasteiger partial charge is 0.119 e. The second kappa shape index (κ2) is 7.00. The van der Waals surface area contributed by atoms with Gasteiger partial charge in [-0.1, -0.05) is 29.8 Å². The highest BCUT2D eigenvalue weighted by molar-refractivity contribution is 9.10. The normalized spacial score (nSPS) is 12.0. The van der Waals surface area contributed by atoms with Gasteiger partial charge in [-0.15, -0.1) is 0 Å². The lowest BCUT2D eigenvalue weighted by atomic mass is 10.1. The number of nitrogens with one attached hydrogen (secondary N) is 1. The van der Waals surface area contributed by atoms with Crippen molar-refractivity contribution in [2.75, 3.05) is 11.9 Å². The summed E-state index contributed by atoms with van der Waals surface area (Å²) < 4.78 is 6.34. The fourth-order valence-electron chi connectivity index (χ4n) is 1.95. The Kier molecular flexibility index (Phi) is 5.32. The summed E-state index contributed by atoms with van der Waals surface area (Å²) in [5.74, 6) is 0.896. The summed E-state index contributed by atoms with van der Waals surface area (Å²) in [7, 11) is 0.